The van der Waals surface area contributed by atoms with Crippen LogP contribution in [0.25, 0.3) is 0 Å². The first-order valence-corrected chi connectivity index (χ1v) is 7.62. The van der Waals surface area contributed by atoms with Crippen molar-refractivity contribution in [2.45, 2.75) is 18.9 Å². The van der Waals surface area contributed by atoms with Gasteiger partial charge >= 0.3 is 0 Å². The van der Waals surface area contributed by atoms with Gasteiger partial charge in [0.1, 0.15) is 5.82 Å². The molecule has 1 aliphatic rings. The first kappa shape index (κ1) is 14.3. The van der Waals surface area contributed by atoms with Crippen LogP contribution in [0.5, 0.6) is 0 Å². The molecule has 0 bridgehead atoms. The first-order valence-electron chi connectivity index (χ1n) is 7.62. The fourth-order valence-electron chi connectivity index (χ4n) is 3.27. The van der Waals surface area contributed by atoms with E-state index in [-0.39, 0.29) is 0 Å². The third-order valence-corrected chi connectivity index (χ3v) is 4.62. The lowest BCUT2D eigenvalue weighted by Crippen LogP contribution is -2.20. The molecule has 0 spiro atoms. The number of hydrogen-bond acceptors (Lipinski definition) is 3. The Balaban J connectivity index is 1.71. The van der Waals surface area contributed by atoms with E-state index in [1.165, 1.54) is 17.5 Å². The Kier molecular flexibility index (Phi) is 4.08. The number of aromatic nitrogens is 2. The molecule has 2 atom stereocenters. The number of likely N-dealkylation sites (tertiary alicyclic amines) is 1. The molecule has 1 aromatic heterocycles. The van der Waals surface area contributed by atoms with Crippen LogP contribution in [0.4, 0.5) is 0 Å². The second-order valence-electron chi connectivity index (χ2n) is 6.17. The maximum absolute atomic E-state index is 5.81. The fraction of sp³-hybridized carbons (Fsp3) is 0.471. The minimum absolute atomic E-state index is 0.515. The monoisotopic (exact) mass is 284 g/mol. The minimum Gasteiger partial charge on any atom is -0.338 e. The molecule has 4 heteroatoms. The van der Waals surface area contributed by atoms with E-state index in [9.17, 15) is 0 Å². The SMILES string of the molecule is CN1CC(CN)CC1c1ccc(Cc2nccn2C)cc1. The van der Waals surface area contributed by atoms with Crippen molar-refractivity contribution in [2.75, 3.05) is 20.1 Å². The summed E-state index contributed by atoms with van der Waals surface area (Å²) in [5.41, 5.74) is 8.52. The molecule has 0 radical (unpaired) electrons. The van der Waals surface area contributed by atoms with Gasteiger partial charge in [0.2, 0.25) is 0 Å². The minimum atomic E-state index is 0.515. The van der Waals surface area contributed by atoms with Gasteiger partial charge in [0, 0.05) is 38.4 Å². The van der Waals surface area contributed by atoms with Crippen LogP contribution in [-0.2, 0) is 13.5 Å². The highest BCUT2D eigenvalue weighted by Crippen LogP contribution is 2.33. The number of benzene rings is 1. The average molecular weight is 284 g/mol. The van der Waals surface area contributed by atoms with E-state index in [1.54, 1.807) is 0 Å². The predicted octanol–water partition coefficient (Wildman–Crippen LogP) is 1.96. The summed E-state index contributed by atoms with van der Waals surface area (Å²) < 4.78 is 2.07. The van der Waals surface area contributed by atoms with Crippen LogP contribution < -0.4 is 5.73 Å². The van der Waals surface area contributed by atoms with Crippen LogP contribution >= 0.6 is 0 Å². The zero-order valence-electron chi connectivity index (χ0n) is 12.9. The van der Waals surface area contributed by atoms with Crippen molar-refractivity contribution >= 4 is 0 Å². The Morgan fingerprint density at radius 2 is 2.00 bits per heavy atom. The third-order valence-electron chi connectivity index (χ3n) is 4.62. The zero-order valence-corrected chi connectivity index (χ0v) is 12.9. The largest absolute Gasteiger partial charge is 0.338 e. The molecule has 0 saturated carbocycles. The van der Waals surface area contributed by atoms with Crippen molar-refractivity contribution in [1.29, 1.82) is 0 Å². The topological polar surface area (TPSA) is 47.1 Å². The van der Waals surface area contributed by atoms with Gasteiger partial charge in [-0.25, -0.2) is 4.98 Å². The normalized spacial score (nSPS) is 22.8. The van der Waals surface area contributed by atoms with Crippen molar-refractivity contribution in [1.82, 2.24) is 14.5 Å². The molecule has 2 heterocycles. The number of hydrogen-bond donors (Lipinski definition) is 1. The van der Waals surface area contributed by atoms with Crippen LogP contribution in [0.2, 0.25) is 0 Å². The Hall–Kier alpha value is -1.65. The highest BCUT2D eigenvalue weighted by molar-refractivity contribution is 5.27. The molecule has 0 amide bonds. The molecule has 2 aromatic rings. The molecule has 1 saturated heterocycles. The summed E-state index contributed by atoms with van der Waals surface area (Å²) in [5.74, 6) is 1.73. The van der Waals surface area contributed by atoms with Crippen molar-refractivity contribution in [2.24, 2.45) is 18.7 Å². The summed E-state index contributed by atoms with van der Waals surface area (Å²) in [7, 11) is 4.24. The molecule has 2 unspecified atom stereocenters. The zero-order chi connectivity index (χ0) is 14.8. The molecule has 1 aromatic carbocycles. The lowest BCUT2D eigenvalue weighted by molar-refractivity contribution is 0.313. The highest BCUT2D eigenvalue weighted by atomic mass is 15.2. The molecule has 4 nitrogen and oxygen atoms in total. The lowest BCUT2D eigenvalue weighted by Gasteiger charge is -2.19. The van der Waals surface area contributed by atoms with E-state index >= 15 is 0 Å². The van der Waals surface area contributed by atoms with Crippen molar-refractivity contribution in [3.63, 3.8) is 0 Å². The van der Waals surface area contributed by atoms with Crippen molar-refractivity contribution in [3.8, 4) is 0 Å². The highest BCUT2D eigenvalue weighted by Gasteiger charge is 2.29. The van der Waals surface area contributed by atoms with E-state index in [1.807, 2.05) is 19.4 Å². The molecule has 1 fully saturated rings. The van der Waals surface area contributed by atoms with E-state index in [0.717, 1.165) is 25.3 Å². The summed E-state index contributed by atoms with van der Waals surface area (Å²) in [5, 5.41) is 0. The van der Waals surface area contributed by atoms with Crippen molar-refractivity contribution in [3.05, 3.63) is 53.6 Å². The van der Waals surface area contributed by atoms with Gasteiger partial charge < -0.3 is 10.3 Å². The van der Waals surface area contributed by atoms with E-state index < -0.39 is 0 Å². The predicted molar refractivity (Wildman–Crippen MR) is 85.0 cm³/mol. The van der Waals surface area contributed by atoms with Crippen molar-refractivity contribution < 1.29 is 0 Å². The summed E-state index contributed by atoms with van der Waals surface area (Å²) in [6.45, 7) is 1.90. The van der Waals surface area contributed by atoms with E-state index in [2.05, 4.69) is 45.8 Å². The number of nitrogens with zero attached hydrogens (tertiary/aromatic N) is 3. The summed E-state index contributed by atoms with van der Waals surface area (Å²) in [6.07, 6.45) is 5.90. The lowest BCUT2D eigenvalue weighted by atomic mass is 9.98. The number of imidazole rings is 1. The van der Waals surface area contributed by atoms with Crippen LogP contribution in [0.1, 0.15) is 29.4 Å². The van der Waals surface area contributed by atoms with E-state index in [0.29, 0.717) is 12.0 Å². The molecule has 21 heavy (non-hydrogen) atoms. The fourth-order valence-corrected chi connectivity index (χ4v) is 3.27. The number of rotatable bonds is 4. The molecule has 3 rings (SSSR count). The Labute approximate surface area is 126 Å². The second-order valence-corrected chi connectivity index (χ2v) is 6.17. The van der Waals surface area contributed by atoms with Gasteiger partial charge in [0.25, 0.3) is 0 Å². The summed E-state index contributed by atoms with van der Waals surface area (Å²) in [4.78, 5) is 6.81. The van der Waals surface area contributed by atoms with Gasteiger partial charge in [0.05, 0.1) is 0 Å². The van der Waals surface area contributed by atoms with Crippen LogP contribution in [0.15, 0.2) is 36.7 Å². The quantitative estimate of drug-likeness (QED) is 0.933. The third kappa shape index (κ3) is 3.01. The average Bonchev–Trinajstić information content (AvgIpc) is 3.06. The van der Waals surface area contributed by atoms with Crippen LogP contribution in [-0.4, -0.2) is 34.6 Å². The Bertz CT molecular complexity index is 587. The van der Waals surface area contributed by atoms with Gasteiger partial charge in [-0.05, 0) is 37.1 Å². The van der Waals surface area contributed by atoms with Crippen LogP contribution in [0, 0.1) is 5.92 Å². The first-order chi connectivity index (χ1) is 10.2. The van der Waals surface area contributed by atoms with Gasteiger partial charge in [0.15, 0.2) is 0 Å². The second kappa shape index (κ2) is 6.00. The molecular weight excluding hydrogens is 260 g/mol. The van der Waals surface area contributed by atoms with Gasteiger partial charge in [-0.2, -0.15) is 0 Å². The standard InChI is InChI=1S/C17H24N4/c1-20-8-7-19-17(20)10-13-3-5-15(6-4-13)16-9-14(11-18)12-21(16)2/h3-8,14,16H,9-12,18H2,1-2H3. The van der Waals surface area contributed by atoms with Gasteiger partial charge in [-0.1, -0.05) is 24.3 Å². The molecule has 2 N–H and O–H groups in total. The maximum atomic E-state index is 5.81. The molecule has 112 valence electrons. The number of nitrogens with two attached hydrogens (primary N) is 1. The Morgan fingerprint density at radius 3 is 2.57 bits per heavy atom. The number of aryl methyl sites for hydroxylation is 1. The van der Waals surface area contributed by atoms with E-state index in [4.69, 9.17) is 5.73 Å². The van der Waals surface area contributed by atoms with Gasteiger partial charge in [-0.15, -0.1) is 0 Å². The Morgan fingerprint density at radius 1 is 1.24 bits per heavy atom. The van der Waals surface area contributed by atoms with Crippen LogP contribution in [0.3, 0.4) is 0 Å². The summed E-state index contributed by atoms with van der Waals surface area (Å²) >= 11 is 0. The molecule has 1 aliphatic heterocycles. The smallest absolute Gasteiger partial charge is 0.112 e. The summed E-state index contributed by atoms with van der Waals surface area (Å²) in [6, 6.07) is 9.50. The maximum Gasteiger partial charge on any atom is 0.112 e. The molecular formula is C17H24N4. The molecule has 0 aliphatic carbocycles. The van der Waals surface area contributed by atoms with Gasteiger partial charge in [-0.3, -0.25) is 4.90 Å².